The summed E-state index contributed by atoms with van der Waals surface area (Å²) in [5.41, 5.74) is 3.58. The first kappa shape index (κ1) is 22.6. The lowest BCUT2D eigenvalue weighted by Gasteiger charge is -2.22. The van der Waals surface area contributed by atoms with Crippen molar-refractivity contribution in [3.05, 3.63) is 65.9 Å². The number of carbonyl (C=O) groups excluding carboxylic acids is 1. The number of aliphatic hydroxyl groups is 1. The third kappa shape index (κ3) is 5.95. The number of carbonyl (C=O) groups is 1. The topological polar surface area (TPSA) is 90.9 Å². The Balaban J connectivity index is 1.63. The Morgan fingerprint density at radius 1 is 1.13 bits per heavy atom. The maximum Gasteiger partial charge on any atom is 0.253 e. The second-order valence-electron chi connectivity index (χ2n) is 6.43. The molecule has 1 heterocycles. The number of aliphatic hydroxyl groups excluding tert-OH is 1. The van der Waals surface area contributed by atoms with Crippen molar-refractivity contribution in [2.45, 2.75) is 27.8 Å². The summed E-state index contributed by atoms with van der Waals surface area (Å²) in [5, 5.41) is 23.9. The van der Waals surface area contributed by atoms with Crippen molar-refractivity contribution in [3.8, 4) is 11.1 Å². The van der Waals surface area contributed by atoms with Gasteiger partial charge in [0.1, 0.15) is 17.8 Å². The fourth-order valence-electron chi connectivity index (χ4n) is 2.76. The van der Waals surface area contributed by atoms with E-state index < -0.39 is 29.6 Å². The highest BCUT2D eigenvalue weighted by molar-refractivity contribution is 7.98. The van der Waals surface area contributed by atoms with E-state index in [0.29, 0.717) is 5.56 Å². The van der Waals surface area contributed by atoms with Crippen molar-refractivity contribution >= 4 is 40.9 Å². The average molecular weight is 469 g/mol. The molecule has 0 unspecified atom stereocenters. The first-order chi connectivity index (χ1) is 14.5. The van der Waals surface area contributed by atoms with E-state index in [4.69, 9.17) is 23.2 Å². The third-order valence-electron chi connectivity index (χ3n) is 4.39. The summed E-state index contributed by atoms with van der Waals surface area (Å²) in [6.07, 6.45) is 0.452. The zero-order valence-electron chi connectivity index (χ0n) is 15.6. The summed E-state index contributed by atoms with van der Waals surface area (Å²) in [7, 11) is 0. The number of hydrogen-bond acceptors (Lipinski definition) is 5. The number of hydrogen-bond donors (Lipinski definition) is 3. The van der Waals surface area contributed by atoms with Gasteiger partial charge in [0.15, 0.2) is 4.84 Å². The predicted octanol–water partition coefficient (Wildman–Crippen LogP) is 4.06. The van der Waals surface area contributed by atoms with E-state index in [1.54, 1.807) is 30.1 Å². The molecule has 2 aromatic carbocycles. The normalized spacial score (nSPS) is 13.2. The Morgan fingerprint density at radius 3 is 2.30 bits per heavy atom. The largest absolute Gasteiger partial charge is 0.386 e. The monoisotopic (exact) mass is 468 g/mol. The maximum atomic E-state index is 13.3. The zero-order chi connectivity index (χ0) is 21.5. The maximum absolute atomic E-state index is 13.3. The first-order valence-electron chi connectivity index (χ1n) is 8.98. The molecule has 10 heteroatoms. The van der Waals surface area contributed by atoms with Crippen LogP contribution in [-0.4, -0.2) is 44.0 Å². The Morgan fingerprint density at radius 2 is 1.77 bits per heavy atom. The van der Waals surface area contributed by atoms with Crippen LogP contribution >= 0.6 is 35.0 Å². The minimum atomic E-state index is -1.33. The van der Waals surface area contributed by atoms with E-state index >= 15 is 0 Å². The molecule has 3 N–H and O–H groups in total. The van der Waals surface area contributed by atoms with Gasteiger partial charge in [-0.15, -0.1) is 5.10 Å². The number of alkyl halides is 3. The summed E-state index contributed by atoms with van der Waals surface area (Å²) >= 11 is 12.5. The van der Waals surface area contributed by atoms with Gasteiger partial charge >= 0.3 is 0 Å². The van der Waals surface area contributed by atoms with Crippen molar-refractivity contribution in [1.82, 2.24) is 20.7 Å². The lowest BCUT2D eigenvalue weighted by atomic mass is 9.98. The summed E-state index contributed by atoms with van der Waals surface area (Å²) in [4.78, 5) is 10.2. The van der Waals surface area contributed by atoms with Gasteiger partial charge in [0, 0.05) is 5.75 Å². The van der Waals surface area contributed by atoms with Crippen molar-refractivity contribution in [3.63, 3.8) is 0 Å². The second-order valence-corrected chi connectivity index (χ2v) is 8.52. The number of halogens is 3. The number of rotatable bonds is 9. The van der Waals surface area contributed by atoms with Crippen molar-refractivity contribution in [1.29, 1.82) is 0 Å². The molecule has 0 bridgehead atoms. The number of amides is 1. The number of benzene rings is 2. The molecule has 3 rings (SSSR count). The van der Waals surface area contributed by atoms with E-state index in [9.17, 15) is 14.3 Å². The smallest absolute Gasteiger partial charge is 0.253 e. The fraction of sp³-hybridized carbons (Fsp3) is 0.250. The number of nitrogens with zero attached hydrogens (tertiary/aromatic N) is 2. The standard InChI is InChI=1S/C20H19Cl2FN4O2S/c21-19(22)20(29)25-16(9-23)18(28)15-7-5-14(6-8-15)13-3-1-12(2-4-13)11-30-17-10-24-27-26-17/h1-8,10,16,18-19,28H,9,11H2,(H,25,29)(H,24,26,27)/t16-,18-/m1/s1. The lowest BCUT2D eigenvalue weighted by Crippen LogP contribution is -2.43. The summed E-state index contributed by atoms with van der Waals surface area (Å²) in [6, 6.07) is 14.0. The Labute approximate surface area is 187 Å². The molecular weight excluding hydrogens is 450 g/mol. The van der Waals surface area contributed by atoms with Gasteiger partial charge in [-0.3, -0.25) is 4.79 Å². The minimum absolute atomic E-state index is 0.475. The molecule has 6 nitrogen and oxygen atoms in total. The number of aromatic amines is 1. The molecule has 0 aliphatic carbocycles. The molecule has 3 aromatic rings. The first-order valence-corrected chi connectivity index (χ1v) is 10.8. The second kappa shape index (κ2) is 10.8. The Bertz CT molecular complexity index is 940. The van der Waals surface area contributed by atoms with Gasteiger partial charge in [0.2, 0.25) is 0 Å². The van der Waals surface area contributed by atoms with Gasteiger partial charge in [-0.2, -0.15) is 10.3 Å². The van der Waals surface area contributed by atoms with E-state index in [-0.39, 0.29) is 0 Å². The molecule has 0 radical (unpaired) electrons. The third-order valence-corrected chi connectivity index (χ3v) is 5.76. The molecule has 0 saturated carbocycles. The van der Waals surface area contributed by atoms with Crippen LogP contribution in [-0.2, 0) is 10.5 Å². The van der Waals surface area contributed by atoms with E-state index in [1.165, 1.54) is 0 Å². The van der Waals surface area contributed by atoms with Crippen LogP contribution in [0.25, 0.3) is 11.1 Å². The molecule has 0 aliphatic rings. The van der Waals surface area contributed by atoms with Gasteiger partial charge < -0.3 is 10.4 Å². The molecule has 0 fully saturated rings. The molecule has 0 saturated heterocycles. The van der Waals surface area contributed by atoms with Crippen molar-refractivity contribution < 1.29 is 14.3 Å². The molecular formula is C20H19Cl2FN4O2S. The summed E-state index contributed by atoms with van der Waals surface area (Å²) in [5.74, 6) is 0.0261. The van der Waals surface area contributed by atoms with Crippen LogP contribution in [0.15, 0.2) is 59.8 Å². The molecule has 0 spiro atoms. The zero-order valence-corrected chi connectivity index (χ0v) is 18.0. The molecule has 1 amide bonds. The molecule has 1 aromatic heterocycles. The molecule has 158 valence electrons. The summed E-state index contributed by atoms with van der Waals surface area (Å²) < 4.78 is 13.3. The van der Waals surface area contributed by atoms with Gasteiger partial charge in [0.05, 0.1) is 12.2 Å². The van der Waals surface area contributed by atoms with Crippen molar-refractivity contribution in [2.24, 2.45) is 0 Å². The fourth-order valence-corrected chi connectivity index (χ4v) is 3.63. The molecule has 0 aliphatic heterocycles. The Hall–Kier alpha value is -2.13. The predicted molar refractivity (Wildman–Crippen MR) is 116 cm³/mol. The van der Waals surface area contributed by atoms with Gasteiger partial charge in [-0.05, 0) is 22.3 Å². The quantitative estimate of drug-likeness (QED) is 0.325. The van der Waals surface area contributed by atoms with Crippen LogP contribution in [0, 0.1) is 0 Å². The highest BCUT2D eigenvalue weighted by Gasteiger charge is 2.25. The van der Waals surface area contributed by atoms with Crippen LogP contribution in [0.1, 0.15) is 17.2 Å². The van der Waals surface area contributed by atoms with Gasteiger partial charge in [-0.25, -0.2) is 4.39 Å². The number of H-pyrrole nitrogens is 1. The van der Waals surface area contributed by atoms with Gasteiger partial charge in [0.25, 0.3) is 5.91 Å². The van der Waals surface area contributed by atoms with Crippen LogP contribution in [0.2, 0.25) is 0 Å². The summed E-state index contributed by atoms with van der Waals surface area (Å²) in [6.45, 7) is -0.955. The van der Waals surface area contributed by atoms with E-state index in [2.05, 4.69) is 20.7 Å². The number of nitrogens with one attached hydrogen (secondary N) is 2. The van der Waals surface area contributed by atoms with Crippen molar-refractivity contribution in [2.75, 3.05) is 6.67 Å². The lowest BCUT2D eigenvalue weighted by molar-refractivity contribution is -0.121. The Kier molecular flexibility index (Phi) is 8.09. The number of thioether (sulfide) groups is 1. The SMILES string of the molecule is O=C(N[C@H](CF)[C@H](O)c1ccc(-c2ccc(CSc3cn[nH]n3)cc2)cc1)C(Cl)Cl. The van der Waals surface area contributed by atoms with Crippen LogP contribution in [0.5, 0.6) is 0 Å². The van der Waals surface area contributed by atoms with Crippen LogP contribution < -0.4 is 5.32 Å². The highest BCUT2D eigenvalue weighted by atomic mass is 35.5. The minimum Gasteiger partial charge on any atom is -0.386 e. The molecule has 30 heavy (non-hydrogen) atoms. The van der Waals surface area contributed by atoms with Crippen LogP contribution in [0.4, 0.5) is 4.39 Å². The number of aromatic nitrogens is 3. The van der Waals surface area contributed by atoms with E-state index in [0.717, 1.165) is 27.5 Å². The highest BCUT2D eigenvalue weighted by Crippen LogP contribution is 2.26. The van der Waals surface area contributed by atoms with Crippen LogP contribution in [0.3, 0.4) is 0 Å². The average Bonchev–Trinajstić information content (AvgIpc) is 3.29. The van der Waals surface area contributed by atoms with E-state index in [1.807, 2.05) is 36.4 Å². The molecule has 2 atom stereocenters. The van der Waals surface area contributed by atoms with Gasteiger partial charge in [-0.1, -0.05) is 83.5 Å².